The van der Waals surface area contributed by atoms with Crippen molar-refractivity contribution in [1.29, 1.82) is 0 Å². The molecule has 2 fully saturated rings. The van der Waals surface area contributed by atoms with Crippen molar-refractivity contribution >= 4 is 16.9 Å². The first kappa shape index (κ1) is 22.8. The molecule has 0 aromatic heterocycles. The molecule has 1 N–H and O–H groups in total. The van der Waals surface area contributed by atoms with Crippen molar-refractivity contribution in [1.82, 2.24) is 5.32 Å². The van der Waals surface area contributed by atoms with E-state index in [1.54, 1.807) is 0 Å². The second-order valence-electron chi connectivity index (χ2n) is 11.2. The second kappa shape index (κ2) is 8.65. The maximum atomic E-state index is 11.7. The third kappa shape index (κ3) is 4.38. The van der Waals surface area contributed by atoms with E-state index in [9.17, 15) is 4.79 Å². The van der Waals surface area contributed by atoms with E-state index in [1.165, 1.54) is 12.8 Å². The molecule has 1 saturated carbocycles. The van der Waals surface area contributed by atoms with Crippen LogP contribution in [0, 0.1) is 11.3 Å². The number of cyclic esters (lactones) is 1. The van der Waals surface area contributed by atoms with E-state index in [1.807, 2.05) is 13.0 Å². The number of hydrogen-bond acceptors (Lipinski definition) is 3. The molecule has 0 spiro atoms. The summed E-state index contributed by atoms with van der Waals surface area (Å²) in [5.74, 6) is 1.71. The average Bonchev–Trinajstić information content (AvgIpc) is 3.18. The largest absolute Gasteiger partial charge is 0.490 e. The highest BCUT2D eigenvalue weighted by Crippen LogP contribution is 2.42. The first-order valence-electron chi connectivity index (χ1n) is 12.5. The molecule has 34 heavy (non-hydrogen) atoms. The van der Waals surface area contributed by atoms with Crippen LogP contribution in [0.3, 0.4) is 0 Å². The van der Waals surface area contributed by atoms with Gasteiger partial charge in [0.25, 0.3) is 0 Å². The Bertz CT molecular complexity index is 1190. The first-order chi connectivity index (χ1) is 16.2. The summed E-state index contributed by atoms with van der Waals surface area (Å²) in [5, 5.41) is 5.24. The summed E-state index contributed by atoms with van der Waals surface area (Å²) in [5.41, 5.74) is 3.18. The number of hydrogen-bond donors (Lipinski definition) is 1. The van der Waals surface area contributed by atoms with E-state index in [4.69, 9.17) is 9.47 Å². The minimum Gasteiger partial charge on any atom is -0.490 e. The van der Waals surface area contributed by atoms with Gasteiger partial charge in [-0.2, -0.15) is 0 Å². The van der Waals surface area contributed by atoms with Gasteiger partial charge in [0.1, 0.15) is 12.4 Å². The minimum atomic E-state index is -0.515. The third-order valence-electron chi connectivity index (χ3n) is 7.74. The number of carbonyl (C=O) groups is 1. The molecule has 3 aromatic carbocycles. The molecule has 1 unspecified atom stereocenters. The fourth-order valence-electron chi connectivity index (χ4n) is 5.54. The smallest absolute Gasteiger partial charge is 0.408 e. The van der Waals surface area contributed by atoms with Crippen molar-refractivity contribution in [2.24, 2.45) is 11.3 Å². The molecular weight excluding hydrogens is 422 g/mol. The van der Waals surface area contributed by atoms with Gasteiger partial charge >= 0.3 is 6.09 Å². The zero-order valence-electron chi connectivity index (χ0n) is 20.7. The lowest BCUT2D eigenvalue weighted by Gasteiger charge is -2.37. The van der Waals surface area contributed by atoms with Gasteiger partial charge in [0, 0.05) is 5.56 Å². The van der Waals surface area contributed by atoms with Gasteiger partial charge < -0.3 is 14.8 Å². The van der Waals surface area contributed by atoms with Crippen molar-refractivity contribution in [3.63, 3.8) is 0 Å². The van der Waals surface area contributed by atoms with Crippen LogP contribution in [0.5, 0.6) is 5.75 Å². The van der Waals surface area contributed by atoms with E-state index in [-0.39, 0.29) is 12.2 Å². The van der Waals surface area contributed by atoms with Gasteiger partial charge in [-0.15, -0.1) is 0 Å². The number of fused-ring (bicyclic) bond motifs is 1. The van der Waals surface area contributed by atoms with E-state index in [0.717, 1.165) is 52.0 Å². The Morgan fingerprint density at radius 1 is 0.971 bits per heavy atom. The predicted octanol–water partition coefficient (Wildman–Crippen LogP) is 7.45. The fourth-order valence-corrected chi connectivity index (χ4v) is 5.54. The zero-order valence-corrected chi connectivity index (χ0v) is 20.7. The van der Waals surface area contributed by atoms with Crippen LogP contribution in [-0.2, 0) is 10.3 Å². The first-order valence-corrected chi connectivity index (χ1v) is 12.5. The molecule has 0 radical (unpaired) electrons. The molecule has 1 aliphatic carbocycles. The number of alkyl carbamates (subject to hydrolysis) is 1. The van der Waals surface area contributed by atoms with Crippen LogP contribution in [0.2, 0.25) is 0 Å². The Morgan fingerprint density at radius 2 is 1.71 bits per heavy atom. The van der Waals surface area contributed by atoms with Gasteiger partial charge in [-0.05, 0) is 78.0 Å². The molecule has 1 amide bonds. The van der Waals surface area contributed by atoms with Crippen LogP contribution in [-0.4, -0.2) is 18.8 Å². The number of nitrogens with one attached hydrogen (secondary N) is 1. The summed E-state index contributed by atoms with van der Waals surface area (Å²) >= 11 is 0. The van der Waals surface area contributed by atoms with Gasteiger partial charge in [-0.1, -0.05) is 69.3 Å². The molecule has 5 rings (SSSR count). The van der Waals surface area contributed by atoms with Crippen LogP contribution in [0.1, 0.15) is 58.9 Å². The molecule has 4 heteroatoms. The highest BCUT2D eigenvalue weighted by atomic mass is 16.6. The van der Waals surface area contributed by atoms with Gasteiger partial charge in [0.05, 0.1) is 11.6 Å². The normalized spacial score (nSPS) is 25.1. The summed E-state index contributed by atoms with van der Waals surface area (Å²) in [4.78, 5) is 11.7. The van der Waals surface area contributed by atoms with Crippen LogP contribution in [0.4, 0.5) is 4.79 Å². The molecule has 1 aliphatic heterocycles. The molecule has 1 saturated heterocycles. The Labute approximate surface area is 202 Å². The highest BCUT2D eigenvalue weighted by molar-refractivity contribution is 6.00. The van der Waals surface area contributed by atoms with Gasteiger partial charge in [0.15, 0.2) is 0 Å². The molecule has 3 aromatic rings. The summed E-state index contributed by atoms with van der Waals surface area (Å²) < 4.78 is 11.9. The van der Waals surface area contributed by atoms with Crippen LogP contribution >= 0.6 is 0 Å². The monoisotopic (exact) mass is 457 g/mol. The maximum Gasteiger partial charge on any atom is 0.408 e. The second-order valence-corrected chi connectivity index (χ2v) is 11.2. The van der Waals surface area contributed by atoms with Crippen molar-refractivity contribution in [2.75, 3.05) is 6.61 Å². The van der Waals surface area contributed by atoms with Crippen LogP contribution in [0.25, 0.3) is 21.9 Å². The number of rotatable bonds is 4. The molecule has 1 heterocycles. The Balaban J connectivity index is 1.50. The Morgan fingerprint density at radius 3 is 2.35 bits per heavy atom. The molecule has 178 valence electrons. The molecular formula is C30H35NO3. The molecule has 0 bridgehead atoms. The number of ether oxygens (including phenoxy) is 2. The third-order valence-corrected chi connectivity index (χ3v) is 7.74. The van der Waals surface area contributed by atoms with Crippen molar-refractivity contribution in [3.8, 4) is 16.9 Å². The molecule has 4 nitrogen and oxygen atoms in total. The van der Waals surface area contributed by atoms with Gasteiger partial charge in [-0.3, -0.25) is 0 Å². The van der Waals surface area contributed by atoms with E-state index in [0.29, 0.717) is 12.0 Å². The van der Waals surface area contributed by atoms with Crippen molar-refractivity contribution in [3.05, 3.63) is 66.2 Å². The quantitative estimate of drug-likeness (QED) is 0.443. The zero-order chi connectivity index (χ0) is 23.9. The average molecular weight is 458 g/mol. The van der Waals surface area contributed by atoms with Crippen molar-refractivity contribution < 1.29 is 14.3 Å². The lowest BCUT2D eigenvalue weighted by Crippen LogP contribution is -2.37. The minimum absolute atomic E-state index is 0.252. The Hall–Kier alpha value is -3.01. The Kier molecular flexibility index (Phi) is 5.79. The van der Waals surface area contributed by atoms with Gasteiger partial charge in [-0.25, -0.2) is 4.79 Å². The highest BCUT2D eigenvalue weighted by Gasteiger charge is 2.37. The SMILES string of the molecule is CC1(c2ccc3c(-c4ccccc4)c(OC4CCC(C(C)(C)C)CC4)ccc3c2)COC(=O)N1. The van der Waals surface area contributed by atoms with Crippen LogP contribution in [0.15, 0.2) is 60.7 Å². The lowest BCUT2D eigenvalue weighted by molar-refractivity contribution is 0.0887. The number of benzene rings is 3. The summed E-state index contributed by atoms with van der Waals surface area (Å²) in [6.45, 7) is 9.40. The summed E-state index contributed by atoms with van der Waals surface area (Å²) in [7, 11) is 0. The maximum absolute atomic E-state index is 11.7. The number of carbonyl (C=O) groups excluding carboxylic acids is 1. The predicted molar refractivity (Wildman–Crippen MR) is 137 cm³/mol. The summed E-state index contributed by atoms with van der Waals surface area (Å²) in [6.07, 6.45) is 4.53. The standard InChI is InChI=1S/C30H35NO3/c1-29(2,3)22-11-14-24(15-12-22)34-26-17-10-21-18-23(30(4)19-33-28(32)31-30)13-16-25(21)27(26)20-8-6-5-7-9-20/h5-10,13,16-18,22,24H,11-12,14-15,19H2,1-4H3,(H,31,32). The van der Waals surface area contributed by atoms with Gasteiger partial charge in [0.2, 0.25) is 0 Å². The van der Waals surface area contributed by atoms with Crippen molar-refractivity contribution in [2.45, 2.75) is 65.0 Å². The number of amides is 1. The van der Waals surface area contributed by atoms with Crippen LogP contribution < -0.4 is 10.1 Å². The summed E-state index contributed by atoms with van der Waals surface area (Å²) in [6, 6.07) is 21.2. The fraction of sp³-hybridized carbons (Fsp3) is 0.433. The topological polar surface area (TPSA) is 47.6 Å². The van der Waals surface area contributed by atoms with E-state index >= 15 is 0 Å². The molecule has 2 aliphatic rings. The molecule has 1 atom stereocenters. The lowest BCUT2D eigenvalue weighted by atomic mass is 9.72. The van der Waals surface area contributed by atoms with E-state index in [2.05, 4.69) is 80.7 Å². The van der Waals surface area contributed by atoms with E-state index < -0.39 is 5.54 Å².